The lowest BCUT2D eigenvalue weighted by Crippen LogP contribution is -1.94. The van der Waals surface area contributed by atoms with E-state index in [-0.39, 0.29) is 0 Å². The SMILES string of the molecule is CCCC1C=Cc2c1ccc(-c1ccccc1)c2Br. The molecule has 3 rings (SSSR count). The Labute approximate surface area is 123 Å². The van der Waals surface area contributed by atoms with Crippen LogP contribution in [-0.4, -0.2) is 0 Å². The zero-order valence-corrected chi connectivity index (χ0v) is 12.7. The van der Waals surface area contributed by atoms with E-state index in [1.807, 2.05) is 0 Å². The van der Waals surface area contributed by atoms with Gasteiger partial charge in [0.15, 0.2) is 0 Å². The van der Waals surface area contributed by atoms with Gasteiger partial charge in [0.1, 0.15) is 0 Å². The standard InChI is InChI=1S/C18H17Br/c1-2-6-13-9-10-17-15(13)11-12-16(18(17)19)14-7-4-3-5-8-14/h3-5,7-13H,2,6H2,1H3. The predicted molar refractivity (Wildman–Crippen MR) is 86.3 cm³/mol. The number of allylic oxidation sites excluding steroid dienone is 1. The first kappa shape index (κ1) is 12.7. The van der Waals surface area contributed by atoms with Crippen molar-refractivity contribution in [3.05, 3.63) is 64.1 Å². The molecule has 0 aromatic heterocycles. The summed E-state index contributed by atoms with van der Waals surface area (Å²) in [5.41, 5.74) is 5.37. The molecule has 1 atom stereocenters. The number of rotatable bonds is 3. The van der Waals surface area contributed by atoms with E-state index in [0.29, 0.717) is 5.92 Å². The molecule has 0 N–H and O–H groups in total. The molecule has 0 fully saturated rings. The minimum absolute atomic E-state index is 0.598. The van der Waals surface area contributed by atoms with Crippen LogP contribution in [0.3, 0.4) is 0 Å². The van der Waals surface area contributed by atoms with Crippen LogP contribution in [0.2, 0.25) is 0 Å². The number of hydrogen-bond acceptors (Lipinski definition) is 0. The van der Waals surface area contributed by atoms with Gasteiger partial charge in [-0.3, -0.25) is 0 Å². The monoisotopic (exact) mass is 312 g/mol. The molecule has 0 nitrogen and oxygen atoms in total. The highest BCUT2D eigenvalue weighted by Gasteiger charge is 2.20. The lowest BCUT2D eigenvalue weighted by molar-refractivity contribution is 0.725. The second kappa shape index (κ2) is 5.34. The van der Waals surface area contributed by atoms with E-state index >= 15 is 0 Å². The number of halogens is 1. The van der Waals surface area contributed by atoms with Gasteiger partial charge in [0.2, 0.25) is 0 Å². The minimum Gasteiger partial charge on any atom is -0.0763 e. The fourth-order valence-corrected chi connectivity index (χ4v) is 3.54. The van der Waals surface area contributed by atoms with Gasteiger partial charge < -0.3 is 0 Å². The maximum absolute atomic E-state index is 3.80. The highest BCUT2D eigenvalue weighted by atomic mass is 79.9. The fraction of sp³-hybridized carbons (Fsp3) is 0.222. The van der Waals surface area contributed by atoms with Crippen LogP contribution in [0.1, 0.15) is 36.8 Å². The molecule has 0 spiro atoms. The third-order valence-corrected chi connectivity index (χ3v) is 4.65. The molecule has 0 bridgehead atoms. The van der Waals surface area contributed by atoms with Crippen molar-refractivity contribution in [1.29, 1.82) is 0 Å². The summed E-state index contributed by atoms with van der Waals surface area (Å²) in [6.45, 7) is 2.25. The molecule has 19 heavy (non-hydrogen) atoms. The zero-order chi connectivity index (χ0) is 13.2. The molecular weight excluding hydrogens is 296 g/mol. The summed E-state index contributed by atoms with van der Waals surface area (Å²) < 4.78 is 1.23. The van der Waals surface area contributed by atoms with Crippen LogP contribution >= 0.6 is 15.9 Å². The molecule has 0 aliphatic heterocycles. The number of fused-ring (bicyclic) bond motifs is 1. The highest BCUT2D eigenvalue weighted by molar-refractivity contribution is 9.10. The van der Waals surface area contributed by atoms with Gasteiger partial charge in [-0.25, -0.2) is 0 Å². The molecule has 96 valence electrons. The Hall–Kier alpha value is -1.34. The number of benzene rings is 2. The summed E-state index contributed by atoms with van der Waals surface area (Å²) in [4.78, 5) is 0. The van der Waals surface area contributed by atoms with Gasteiger partial charge in [-0.05, 0) is 44.6 Å². The van der Waals surface area contributed by atoms with E-state index in [0.717, 1.165) is 0 Å². The average Bonchev–Trinajstić information content (AvgIpc) is 2.85. The number of hydrogen-bond donors (Lipinski definition) is 0. The van der Waals surface area contributed by atoms with E-state index in [2.05, 4.69) is 77.5 Å². The van der Waals surface area contributed by atoms with Crippen molar-refractivity contribution >= 4 is 22.0 Å². The Bertz CT molecular complexity index is 611. The fourth-order valence-electron chi connectivity index (χ4n) is 2.82. The first-order valence-electron chi connectivity index (χ1n) is 6.87. The summed E-state index contributed by atoms with van der Waals surface area (Å²) >= 11 is 3.80. The Morgan fingerprint density at radius 3 is 2.58 bits per heavy atom. The molecule has 1 unspecified atom stereocenters. The van der Waals surface area contributed by atoms with Crippen LogP contribution in [0.15, 0.2) is 53.0 Å². The van der Waals surface area contributed by atoms with Crippen molar-refractivity contribution in [2.75, 3.05) is 0 Å². The smallest absolute Gasteiger partial charge is 0.0329 e. The van der Waals surface area contributed by atoms with E-state index in [4.69, 9.17) is 0 Å². The molecular formula is C18H17Br. The van der Waals surface area contributed by atoms with Gasteiger partial charge in [0.25, 0.3) is 0 Å². The molecule has 1 aliphatic carbocycles. The van der Waals surface area contributed by atoms with Crippen LogP contribution in [0.4, 0.5) is 0 Å². The van der Waals surface area contributed by atoms with Gasteiger partial charge in [-0.2, -0.15) is 0 Å². The maximum Gasteiger partial charge on any atom is 0.0329 e. The Balaban J connectivity index is 2.06. The third-order valence-electron chi connectivity index (χ3n) is 3.79. The maximum atomic E-state index is 3.80. The zero-order valence-electron chi connectivity index (χ0n) is 11.1. The molecule has 1 aliphatic rings. The lowest BCUT2D eigenvalue weighted by atomic mass is 9.94. The van der Waals surface area contributed by atoms with Crippen molar-refractivity contribution in [2.45, 2.75) is 25.7 Å². The Morgan fingerprint density at radius 2 is 1.84 bits per heavy atom. The molecule has 0 heterocycles. The van der Waals surface area contributed by atoms with Gasteiger partial charge in [0.05, 0.1) is 0 Å². The van der Waals surface area contributed by atoms with E-state index in [1.165, 1.54) is 39.6 Å². The molecule has 1 heteroatoms. The second-order valence-corrected chi connectivity index (χ2v) is 5.84. The first-order chi connectivity index (χ1) is 9.31. The topological polar surface area (TPSA) is 0 Å². The van der Waals surface area contributed by atoms with Crippen LogP contribution in [-0.2, 0) is 0 Å². The molecule has 0 saturated carbocycles. The quantitative estimate of drug-likeness (QED) is 0.649. The van der Waals surface area contributed by atoms with Gasteiger partial charge in [-0.1, -0.05) is 68.0 Å². The van der Waals surface area contributed by atoms with Gasteiger partial charge in [0, 0.05) is 10.4 Å². The summed E-state index contributed by atoms with van der Waals surface area (Å²) in [5, 5.41) is 0. The Morgan fingerprint density at radius 1 is 1.05 bits per heavy atom. The van der Waals surface area contributed by atoms with Crippen molar-refractivity contribution in [1.82, 2.24) is 0 Å². The van der Waals surface area contributed by atoms with Crippen LogP contribution in [0, 0.1) is 0 Å². The van der Waals surface area contributed by atoms with Crippen molar-refractivity contribution in [3.63, 3.8) is 0 Å². The second-order valence-electron chi connectivity index (χ2n) is 5.05. The largest absolute Gasteiger partial charge is 0.0763 e. The molecule has 2 aromatic carbocycles. The van der Waals surface area contributed by atoms with Crippen LogP contribution < -0.4 is 0 Å². The summed E-state index contributed by atoms with van der Waals surface area (Å²) in [5.74, 6) is 0.598. The Kier molecular flexibility index (Phi) is 3.56. The molecule has 0 amide bonds. The summed E-state index contributed by atoms with van der Waals surface area (Å²) in [7, 11) is 0. The minimum atomic E-state index is 0.598. The highest BCUT2D eigenvalue weighted by Crippen LogP contribution is 2.41. The van der Waals surface area contributed by atoms with E-state index in [1.54, 1.807) is 0 Å². The van der Waals surface area contributed by atoms with Gasteiger partial charge in [-0.15, -0.1) is 0 Å². The van der Waals surface area contributed by atoms with E-state index in [9.17, 15) is 0 Å². The van der Waals surface area contributed by atoms with Gasteiger partial charge >= 0.3 is 0 Å². The first-order valence-corrected chi connectivity index (χ1v) is 7.66. The van der Waals surface area contributed by atoms with Crippen LogP contribution in [0.5, 0.6) is 0 Å². The lowest BCUT2D eigenvalue weighted by Gasteiger charge is -2.13. The van der Waals surface area contributed by atoms with Crippen molar-refractivity contribution < 1.29 is 0 Å². The third kappa shape index (κ3) is 2.28. The normalized spacial score (nSPS) is 16.6. The van der Waals surface area contributed by atoms with E-state index < -0.39 is 0 Å². The van der Waals surface area contributed by atoms with Crippen LogP contribution in [0.25, 0.3) is 17.2 Å². The van der Waals surface area contributed by atoms with Crippen molar-refractivity contribution in [3.8, 4) is 11.1 Å². The van der Waals surface area contributed by atoms with Crippen molar-refractivity contribution in [2.24, 2.45) is 0 Å². The average molecular weight is 313 g/mol. The summed E-state index contributed by atoms with van der Waals surface area (Å²) in [6.07, 6.45) is 7.08. The molecule has 0 radical (unpaired) electrons. The predicted octanol–water partition coefficient (Wildman–Crippen LogP) is 6.03. The molecule has 2 aromatic rings. The molecule has 0 saturated heterocycles. The summed E-state index contributed by atoms with van der Waals surface area (Å²) in [6, 6.07) is 15.1.